The molecule has 0 aliphatic heterocycles. The minimum atomic E-state index is -0.475. The number of nitrogens with zero attached hydrogens (tertiary/aromatic N) is 1. The number of amidine groups is 1. The number of hydrazone groups is 1. The van der Waals surface area contributed by atoms with Crippen molar-refractivity contribution in [3.63, 3.8) is 0 Å². The Morgan fingerprint density at radius 3 is 2.67 bits per heavy atom. The zero-order valence-corrected chi connectivity index (χ0v) is 9.46. The summed E-state index contributed by atoms with van der Waals surface area (Å²) in [6.07, 6.45) is 1.40. The first-order valence-corrected chi connectivity index (χ1v) is 5.20. The number of carbonyl (C=O) groups excluding carboxylic acids is 1. The van der Waals surface area contributed by atoms with Crippen LogP contribution in [0.5, 0.6) is 0 Å². The quantitative estimate of drug-likeness (QED) is 0.323. The highest BCUT2D eigenvalue weighted by molar-refractivity contribution is 6.02. The Bertz CT molecular complexity index is 576. The maximum Gasteiger partial charge on any atom is 0.307 e. The molecule has 2 rings (SSSR count). The van der Waals surface area contributed by atoms with Gasteiger partial charge >= 0.3 is 5.91 Å². The summed E-state index contributed by atoms with van der Waals surface area (Å²) >= 11 is 0. The van der Waals surface area contributed by atoms with Crippen LogP contribution in [0.25, 0.3) is 0 Å². The van der Waals surface area contributed by atoms with Crippen molar-refractivity contribution in [2.45, 2.75) is 0 Å². The minimum Gasteiger partial charge on any atom is -0.459 e. The van der Waals surface area contributed by atoms with Gasteiger partial charge in [0.1, 0.15) is 0 Å². The number of carbonyl (C=O) groups is 1. The van der Waals surface area contributed by atoms with E-state index in [2.05, 4.69) is 10.5 Å². The number of furan rings is 1. The number of nitrogens with two attached hydrogens (primary N) is 2. The summed E-state index contributed by atoms with van der Waals surface area (Å²) in [6, 6.07) is 10.1. The molecule has 1 amide bonds. The fraction of sp³-hybridized carbons (Fsp3) is 0. The van der Waals surface area contributed by atoms with E-state index in [1.807, 2.05) is 0 Å². The summed E-state index contributed by atoms with van der Waals surface area (Å²) < 4.78 is 4.91. The normalized spacial score (nSPS) is 11.2. The molecule has 1 aromatic heterocycles. The van der Waals surface area contributed by atoms with Gasteiger partial charge in [0, 0.05) is 11.3 Å². The molecule has 18 heavy (non-hydrogen) atoms. The zero-order valence-electron chi connectivity index (χ0n) is 9.46. The third kappa shape index (κ3) is 2.49. The van der Waals surface area contributed by atoms with E-state index in [4.69, 9.17) is 15.9 Å². The Balaban J connectivity index is 2.11. The number of para-hydroxylation sites is 1. The molecule has 6 heteroatoms. The Morgan fingerprint density at radius 1 is 1.22 bits per heavy atom. The van der Waals surface area contributed by atoms with Crippen LogP contribution >= 0.6 is 0 Å². The lowest BCUT2D eigenvalue weighted by Gasteiger charge is -2.04. The number of nitrogen functional groups attached to an aromatic ring is 1. The lowest BCUT2D eigenvalue weighted by atomic mass is 10.2. The third-order valence-corrected chi connectivity index (χ3v) is 2.26. The molecular formula is C12H12N4O2. The van der Waals surface area contributed by atoms with E-state index < -0.39 is 5.91 Å². The molecule has 1 heterocycles. The van der Waals surface area contributed by atoms with E-state index in [1.165, 1.54) is 12.3 Å². The number of hydrogen-bond acceptors (Lipinski definition) is 4. The van der Waals surface area contributed by atoms with E-state index in [0.29, 0.717) is 11.3 Å². The Morgan fingerprint density at radius 2 is 2.00 bits per heavy atom. The number of nitrogens with one attached hydrogen (secondary N) is 1. The highest BCUT2D eigenvalue weighted by atomic mass is 16.3. The van der Waals surface area contributed by atoms with Crippen LogP contribution in [-0.4, -0.2) is 11.7 Å². The number of amides is 1. The van der Waals surface area contributed by atoms with Gasteiger partial charge < -0.3 is 15.9 Å². The average molecular weight is 244 g/mol. The van der Waals surface area contributed by atoms with Crippen LogP contribution < -0.4 is 16.9 Å². The molecule has 0 atom stereocenters. The molecule has 92 valence electrons. The lowest BCUT2D eigenvalue weighted by Crippen LogP contribution is -2.24. The van der Waals surface area contributed by atoms with Crippen LogP contribution in [-0.2, 0) is 0 Å². The van der Waals surface area contributed by atoms with Crippen molar-refractivity contribution in [3.05, 3.63) is 54.0 Å². The zero-order chi connectivity index (χ0) is 13.0. The molecule has 0 spiro atoms. The highest BCUT2D eigenvalue weighted by Gasteiger charge is 2.08. The van der Waals surface area contributed by atoms with Gasteiger partial charge in [0.25, 0.3) is 0 Å². The van der Waals surface area contributed by atoms with Gasteiger partial charge in [0.15, 0.2) is 11.6 Å². The molecule has 0 saturated heterocycles. The van der Waals surface area contributed by atoms with Crippen molar-refractivity contribution in [3.8, 4) is 0 Å². The Hall–Kier alpha value is -2.76. The molecular weight excluding hydrogens is 232 g/mol. The van der Waals surface area contributed by atoms with Crippen LogP contribution in [0.3, 0.4) is 0 Å². The van der Waals surface area contributed by atoms with Gasteiger partial charge in [0.05, 0.1) is 6.26 Å². The van der Waals surface area contributed by atoms with E-state index in [9.17, 15) is 4.79 Å². The van der Waals surface area contributed by atoms with Crippen molar-refractivity contribution < 1.29 is 9.21 Å². The van der Waals surface area contributed by atoms with E-state index >= 15 is 0 Å². The second kappa shape index (κ2) is 5.05. The summed E-state index contributed by atoms with van der Waals surface area (Å²) in [5.41, 5.74) is 14.8. The summed E-state index contributed by atoms with van der Waals surface area (Å²) in [7, 11) is 0. The van der Waals surface area contributed by atoms with Gasteiger partial charge in [-0.2, -0.15) is 5.10 Å². The predicted molar refractivity (Wildman–Crippen MR) is 67.8 cm³/mol. The predicted octanol–water partition coefficient (Wildman–Crippen LogP) is 0.912. The first kappa shape index (κ1) is 11.7. The smallest absolute Gasteiger partial charge is 0.307 e. The van der Waals surface area contributed by atoms with Crippen LogP contribution in [0.1, 0.15) is 16.1 Å². The van der Waals surface area contributed by atoms with Crippen molar-refractivity contribution >= 4 is 17.4 Å². The van der Waals surface area contributed by atoms with Crippen LogP contribution in [0, 0.1) is 0 Å². The third-order valence-electron chi connectivity index (χ3n) is 2.26. The summed E-state index contributed by atoms with van der Waals surface area (Å²) in [5.74, 6) is -0.182. The summed E-state index contributed by atoms with van der Waals surface area (Å²) in [5, 5.41) is 3.77. The van der Waals surface area contributed by atoms with Gasteiger partial charge in [-0.3, -0.25) is 4.79 Å². The number of anilines is 1. The van der Waals surface area contributed by atoms with E-state index in [-0.39, 0.29) is 11.6 Å². The largest absolute Gasteiger partial charge is 0.459 e. The monoisotopic (exact) mass is 244 g/mol. The Kier molecular flexibility index (Phi) is 3.29. The maximum atomic E-state index is 11.5. The summed E-state index contributed by atoms with van der Waals surface area (Å²) in [4.78, 5) is 11.5. The van der Waals surface area contributed by atoms with Crippen molar-refractivity contribution in [1.82, 2.24) is 5.43 Å². The van der Waals surface area contributed by atoms with Gasteiger partial charge in [0.2, 0.25) is 0 Å². The topological polar surface area (TPSA) is 107 Å². The molecule has 1 aromatic carbocycles. The second-order valence-electron chi connectivity index (χ2n) is 3.50. The highest BCUT2D eigenvalue weighted by Crippen LogP contribution is 2.09. The number of benzene rings is 1. The fourth-order valence-corrected chi connectivity index (χ4v) is 1.36. The van der Waals surface area contributed by atoms with Crippen LogP contribution in [0.4, 0.5) is 5.69 Å². The van der Waals surface area contributed by atoms with Gasteiger partial charge in [-0.1, -0.05) is 12.1 Å². The Labute approximate surface area is 103 Å². The van der Waals surface area contributed by atoms with Crippen molar-refractivity contribution in [2.24, 2.45) is 10.8 Å². The minimum absolute atomic E-state index is 0.132. The molecule has 5 N–H and O–H groups in total. The molecule has 0 aliphatic carbocycles. The second-order valence-corrected chi connectivity index (χ2v) is 3.50. The van der Waals surface area contributed by atoms with Crippen molar-refractivity contribution in [2.75, 3.05) is 5.73 Å². The first-order valence-electron chi connectivity index (χ1n) is 5.20. The van der Waals surface area contributed by atoms with Crippen molar-refractivity contribution in [1.29, 1.82) is 0 Å². The first-order chi connectivity index (χ1) is 8.68. The van der Waals surface area contributed by atoms with Crippen LogP contribution in [0.15, 0.2) is 52.2 Å². The van der Waals surface area contributed by atoms with E-state index in [0.717, 1.165) is 0 Å². The van der Waals surface area contributed by atoms with E-state index in [1.54, 1.807) is 30.3 Å². The SMILES string of the molecule is N/C(=N\NC(=O)c1ccco1)c1ccccc1N. The lowest BCUT2D eigenvalue weighted by molar-refractivity contribution is 0.0927. The summed E-state index contributed by atoms with van der Waals surface area (Å²) in [6.45, 7) is 0. The fourth-order valence-electron chi connectivity index (χ4n) is 1.36. The molecule has 0 fully saturated rings. The van der Waals surface area contributed by atoms with Crippen LogP contribution in [0.2, 0.25) is 0 Å². The van der Waals surface area contributed by atoms with Gasteiger partial charge in [-0.05, 0) is 24.3 Å². The molecule has 0 aliphatic rings. The molecule has 6 nitrogen and oxygen atoms in total. The average Bonchev–Trinajstić information content (AvgIpc) is 2.90. The number of rotatable bonds is 3. The molecule has 0 saturated carbocycles. The molecule has 0 radical (unpaired) electrons. The van der Waals surface area contributed by atoms with Gasteiger partial charge in [-0.25, -0.2) is 5.43 Å². The molecule has 0 unspecified atom stereocenters. The number of hydrogen-bond donors (Lipinski definition) is 3. The van der Waals surface area contributed by atoms with Gasteiger partial charge in [-0.15, -0.1) is 0 Å². The molecule has 2 aromatic rings. The molecule has 0 bridgehead atoms. The maximum absolute atomic E-state index is 11.5. The standard InChI is InChI=1S/C12H12N4O2/c13-9-5-2-1-4-8(9)11(14)15-16-12(17)10-6-3-7-18-10/h1-7H,13H2,(H2,14,15)(H,16,17).